The van der Waals surface area contributed by atoms with Gasteiger partial charge in [-0.3, -0.25) is 9.10 Å². The number of para-hydroxylation sites is 2. The number of hydrogen-bond donors (Lipinski definition) is 1. The first-order chi connectivity index (χ1) is 11.3. The van der Waals surface area contributed by atoms with Crippen molar-refractivity contribution in [3.8, 4) is 5.75 Å². The number of hydrogen-bond acceptors (Lipinski definition) is 4. The standard InChI is InChI=1S/C15H12F2N2O4S/c16-10-6-5-9(7-11(10)17)24(21,22)19-8-14(15(18)20)23-13-4-2-1-3-12(13)19/h1-7,14H,8H2,(H2,18,20)/t14-/m0/s1. The second kappa shape index (κ2) is 5.75. The number of nitrogens with two attached hydrogens (primary N) is 1. The molecule has 2 aromatic rings. The van der Waals surface area contributed by atoms with E-state index in [1.807, 2.05) is 0 Å². The van der Waals surface area contributed by atoms with E-state index >= 15 is 0 Å². The van der Waals surface area contributed by atoms with Gasteiger partial charge in [0.2, 0.25) is 0 Å². The average molecular weight is 354 g/mol. The highest BCUT2D eigenvalue weighted by atomic mass is 32.2. The molecule has 24 heavy (non-hydrogen) atoms. The van der Waals surface area contributed by atoms with Crippen molar-refractivity contribution in [1.29, 1.82) is 0 Å². The number of fused-ring (bicyclic) bond motifs is 1. The molecule has 6 nitrogen and oxygen atoms in total. The Morgan fingerprint density at radius 1 is 1.17 bits per heavy atom. The molecule has 1 aliphatic heterocycles. The van der Waals surface area contributed by atoms with Crippen LogP contribution in [-0.4, -0.2) is 27.0 Å². The summed E-state index contributed by atoms with van der Waals surface area (Å²) in [4.78, 5) is 11.0. The zero-order valence-electron chi connectivity index (χ0n) is 12.1. The fourth-order valence-electron chi connectivity index (χ4n) is 2.34. The van der Waals surface area contributed by atoms with Gasteiger partial charge in [0.15, 0.2) is 17.7 Å². The van der Waals surface area contributed by atoms with E-state index in [2.05, 4.69) is 0 Å². The molecule has 1 aliphatic rings. The van der Waals surface area contributed by atoms with E-state index in [0.717, 1.165) is 16.4 Å². The number of ether oxygens (including phenoxy) is 1. The summed E-state index contributed by atoms with van der Waals surface area (Å²) in [6.45, 7) is -0.367. The van der Waals surface area contributed by atoms with Crippen LogP contribution in [0.1, 0.15) is 0 Å². The molecule has 3 rings (SSSR count). The molecule has 2 N–H and O–H groups in total. The summed E-state index contributed by atoms with van der Waals surface area (Å²) in [6, 6.07) is 8.40. The number of amides is 1. The normalized spacial score (nSPS) is 17.1. The first kappa shape index (κ1) is 16.2. The zero-order valence-corrected chi connectivity index (χ0v) is 13.0. The van der Waals surface area contributed by atoms with Crippen LogP contribution in [0.5, 0.6) is 5.75 Å². The topological polar surface area (TPSA) is 89.7 Å². The fourth-order valence-corrected chi connectivity index (χ4v) is 3.83. The maximum Gasteiger partial charge on any atom is 0.264 e. The largest absolute Gasteiger partial charge is 0.476 e. The van der Waals surface area contributed by atoms with Crippen LogP contribution < -0.4 is 14.8 Å². The highest BCUT2D eigenvalue weighted by Crippen LogP contribution is 2.36. The highest BCUT2D eigenvalue weighted by molar-refractivity contribution is 7.92. The Bertz CT molecular complexity index is 917. The van der Waals surface area contributed by atoms with Crippen molar-refractivity contribution in [2.24, 2.45) is 5.73 Å². The number of carbonyl (C=O) groups excluding carboxylic acids is 1. The van der Waals surface area contributed by atoms with Crippen molar-refractivity contribution in [3.63, 3.8) is 0 Å². The Kier molecular flexibility index (Phi) is 3.88. The Labute approximate surface area is 136 Å². The lowest BCUT2D eigenvalue weighted by Crippen LogP contribution is -2.49. The Morgan fingerprint density at radius 2 is 1.88 bits per heavy atom. The van der Waals surface area contributed by atoms with Gasteiger partial charge in [0.1, 0.15) is 5.75 Å². The van der Waals surface area contributed by atoms with E-state index in [0.29, 0.717) is 6.07 Å². The Morgan fingerprint density at radius 3 is 2.54 bits per heavy atom. The van der Waals surface area contributed by atoms with Gasteiger partial charge in [-0.2, -0.15) is 0 Å². The molecule has 1 heterocycles. The first-order valence-corrected chi connectivity index (χ1v) is 8.27. The van der Waals surface area contributed by atoms with Gasteiger partial charge in [-0.25, -0.2) is 17.2 Å². The second-order valence-electron chi connectivity index (χ2n) is 5.09. The van der Waals surface area contributed by atoms with Crippen molar-refractivity contribution in [1.82, 2.24) is 0 Å². The fraction of sp³-hybridized carbons (Fsp3) is 0.133. The van der Waals surface area contributed by atoms with Crippen molar-refractivity contribution >= 4 is 21.6 Å². The molecule has 0 aliphatic carbocycles. The molecule has 126 valence electrons. The molecular formula is C15H12F2N2O4S. The van der Waals surface area contributed by atoms with Gasteiger partial charge in [-0.1, -0.05) is 12.1 Å². The number of carbonyl (C=O) groups is 1. The monoisotopic (exact) mass is 354 g/mol. The Balaban J connectivity index is 2.12. The first-order valence-electron chi connectivity index (χ1n) is 6.83. The molecule has 9 heteroatoms. The molecule has 1 amide bonds. The maximum atomic E-state index is 13.4. The summed E-state index contributed by atoms with van der Waals surface area (Å²) in [6.07, 6.45) is -1.19. The number of anilines is 1. The van der Waals surface area contributed by atoms with Gasteiger partial charge < -0.3 is 10.5 Å². The summed E-state index contributed by atoms with van der Waals surface area (Å²) in [5.74, 6) is -3.14. The predicted octanol–water partition coefficient (Wildman–Crippen LogP) is 1.41. The third-order valence-corrected chi connectivity index (χ3v) is 5.31. The number of sulfonamides is 1. The van der Waals surface area contributed by atoms with Gasteiger partial charge >= 0.3 is 0 Å². The van der Waals surface area contributed by atoms with Crippen LogP contribution in [0.25, 0.3) is 0 Å². The second-order valence-corrected chi connectivity index (χ2v) is 6.95. The van der Waals surface area contributed by atoms with Crippen LogP contribution in [0.2, 0.25) is 0 Å². The van der Waals surface area contributed by atoms with E-state index in [1.165, 1.54) is 12.1 Å². The maximum absolute atomic E-state index is 13.4. The average Bonchev–Trinajstić information content (AvgIpc) is 2.56. The minimum Gasteiger partial charge on any atom is -0.476 e. The molecular weight excluding hydrogens is 342 g/mol. The van der Waals surface area contributed by atoms with Crippen LogP contribution in [0.3, 0.4) is 0 Å². The minimum atomic E-state index is -4.24. The van der Waals surface area contributed by atoms with Gasteiger partial charge in [0, 0.05) is 0 Å². The molecule has 0 bridgehead atoms. The molecule has 2 aromatic carbocycles. The molecule has 0 radical (unpaired) electrons. The number of rotatable bonds is 3. The summed E-state index contributed by atoms with van der Waals surface area (Å²) >= 11 is 0. The SMILES string of the molecule is NC(=O)[C@@H]1CN(S(=O)(=O)c2ccc(F)c(F)c2)c2ccccc2O1. The van der Waals surface area contributed by atoms with Gasteiger partial charge in [0.25, 0.3) is 15.9 Å². The molecule has 0 spiro atoms. The van der Waals surface area contributed by atoms with Crippen molar-refractivity contribution in [2.45, 2.75) is 11.0 Å². The summed E-state index contributed by atoms with van der Waals surface area (Å²) in [7, 11) is -4.24. The van der Waals surface area contributed by atoms with Gasteiger partial charge in [-0.15, -0.1) is 0 Å². The predicted molar refractivity (Wildman–Crippen MR) is 80.9 cm³/mol. The van der Waals surface area contributed by atoms with E-state index < -0.39 is 38.6 Å². The molecule has 0 saturated carbocycles. The van der Waals surface area contributed by atoms with Crippen LogP contribution in [0.4, 0.5) is 14.5 Å². The quantitative estimate of drug-likeness (QED) is 0.902. The van der Waals surface area contributed by atoms with E-state index in [1.54, 1.807) is 12.1 Å². The summed E-state index contributed by atoms with van der Waals surface area (Å²) < 4.78 is 58.4. The number of benzene rings is 2. The van der Waals surface area contributed by atoms with Crippen molar-refractivity contribution in [2.75, 3.05) is 10.8 Å². The smallest absolute Gasteiger partial charge is 0.264 e. The lowest BCUT2D eigenvalue weighted by Gasteiger charge is -2.34. The van der Waals surface area contributed by atoms with E-state index in [9.17, 15) is 22.0 Å². The number of halogens is 2. The molecule has 1 atom stereocenters. The lowest BCUT2D eigenvalue weighted by molar-refractivity contribution is -0.124. The summed E-state index contributed by atoms with van der Waals surface area (Å²) in [5, 5.41) is 0. The van der Waals surface area contributed by atoms with Crippen LogP contribution in [0.15, 0.2) is 47.4 Å². The molecule has 0 aromatic heterocycles. The summed E-state index contributed by atoms with van der Waals surface area (Å²) in [5.41, 5.74) is 5.40. The lowest BCUT2D eigenvalue weighted by atomic mass is 10.2. The molecule has 0 unspecified atom stereocenters. The van der Waals surface area contributed by atoms with Crippen molar-refractivity contribution in [3.05, 3.63) is 54.1 Å². The van der Waals surface area contributed by atoms with Crippen LogP contribution in [-0.2, 0) is 14.8 Å². The van der Waals surface area contributed by atoms with Crippen LogP contribution >= 0.6 is 0 Å². The highest BCUT2D eigenvalue weighted by Gasteiger charge is 2.36. The molecule has 0 saturated heterocycles. The van der Waals surface area contributed by atoms with Crippen LogP contribution in [0, 0.1) is 11.6 Å². The van der Waals surface area contributed by atoms with E-state index in [-0.39, 0.29) is 18.0 Å². The minimum absolute atomic E-state index is 0.152. The zero-order chi connectivity index (χ0) is 17.5. The third-order valence-electron chi connectivity index (χ3n) is 3.53. The molecule has 0 fully saturated rings. The van der Waals surface area contributed by atoms with Crippen molar-refractivity contribution < 1.29 is 26.7 Å². The number of nitrogens with zero attached hydrogens (tertiary/aromatic N) is 1. The third kappa shape index (κ3) is 2.67. The Hall–Kier alpha value is -2.68. The number of primary amides is 1. The van der Waals surface area contributed by atoms with E-state index in [4.69, 9.17) is 10.5 Å². The van der Waals surface area contributed by atoms with Gasteiger partial charge in [-0.05, 0) is 30.3 Å². The van der Waals surface area contributed by atoms with Gasteiger partial charge in [0.05, 0.1) is 17.1 Å².